The van der Waals surface area contributed by atoms with Gasteiger partial charge in [-0.05, 0) is 69.2 Å². The molecule has 2 aromatic rings. The predicted octanol–water partition coefficient (Wildman–Crippen LogP) is 4.16. The van der Waals surface area contributed by atoms with Crippen LogP contribution in [0.25, 0.3) is 0 Å². The van der Waals surface area contributed by atoms with Crippen molar-refractivity contribution in [2.75, 3.05) is 36.4 Å². The molecule has 1 unspecified atom stereocenters. The molecule has 6 heteroatoms. The number of aryl methyl sites for hydroxylation is 1. The van der Waals surface area contributed by atoms with Gasteiger partial charge in [0.05, 0.1) is 5.69 Å². The number of nitrogens with one attached hydrogen (secondary N) is 2. The molecule has 0 radical (unpaired) electrons. The highest BCUT2D eigenvalue weighted by Gasteiger charge is 2.23. The number of amides is 1. The molecule has 2 aromatic carbocycles. The molecule has 0 aliphatic carbocycles. The average molecular weight is 435 g/mol. The molecule has 32 heavy (non-hydrogen) atoms. The van der Waals surface area contributed by atoms with Crippen LogP contribution >= 0.6 is 0 Å². The molecule has 2 heterocycles. The minimum Gasteiger partial charge on any atom is -0.482 e. The van der Waals surface area contributed by atoms with Crippen molar-refractivity contribution in [3.05, 3.63) is 65.4 Å². The van der Waals surface area contributed by atoms with Gasteiger partial charge in [0.2, 0.25) is 0 Å². The number of piperazine rings is 1. The first-order valence-electron chi connectivity index (χ1n) is 11.4. The van der Waals surface area contributed by atoms with E-state index in [9.17, 15) is 4.79 Å². The molecule has 4 rings (SSSR count). The topological polar surface area (TPSA) is 56.8 Å². The molecule has 1 saturated heterocycles. The van der Waals surface area contributed by atoms with Gasteiger partial charge in [-0.25, -0.2) is 0 Å². The van der Waals surface area contributed by atoms with Crippen LogP contribution in [0, 0.1) is 6.92 Å². The van der Waals surface area contributed by atoms with Crippen molar-refractivity contribution >= 4 is 17.3 Å². The largest absolute Gasteiger partial charge is 0.482 e. The fourth-order valence-electron chi connectivity index (χ4n) is 4.30. The Morgan fingerprint density at radius 3 is 2.53 bits per heavy atom. The monoisotopic (exact) mass is 434 g/mol. The third-order valence-corrected chi connectivity index (χ3v) is 6.11. The molecule has 0 bridgehead atoms. The number of rotatable bonds is 5. The van der Waals surface area contributed by atoms with Gasteiger partial charge in [0.15, 0.2) is 0 Å². The number of carbonyl (C=O) groups excluding carboxylic acids is 1. The van der Waals surface area contributed by atoms with E-state index in [1.807, 2.05) is 32.9 Å². The van der Waals surface area contributed by atoms with Crippen LogP contribution in [-0.4, -0.2) is 49.1 Å². The number of hydrogen-bond acceptors (Lipinski definition) is 5. The third-order valence-electron chi connectivity index (χ3n) is 6.11. The van der Waals surface area contributed by atoms with E-state index in [1.165, 1.54) is 11.3 Å². The van der Waals surface area contributed by atoms with Gasteiger partial charge in [0.1, 0.15) is 11.9 Å². The molecule has 0 aromatic heterocycles. The van der Waals surface area contributed by atoms with Crippen LogP contribution in [0.2, 0.25) is 0 Å². The second-order valence-electron chi connectivity index (χ2n) is 9.14. The van der Waals surface area contributed by atoms with Gasteiger partial charge in [-0.15, -0.1) is 0 Å². The Bertz CT molecular complexity index is 992. The van der Waals surface area contributed by atoms with Gasteiger partial charge in [-0.3, -0.25) is 9.69 Å². The molecule has 2 aliphatic heterocycles. The Labute approximate surface area is 191 Å². The van der Waals surface area contributed by atoms with Crippen molar-refractivity contribution in [3.8, 4) is 5.75 Å². The SMILES string of the molecule is C=C1Nc2cc(CN3CCN(c4ccc(C(=O)NC(C)C)cc4)CC3)cc(C)c2OC1C. The summed E-state index contributed by atoms with van der Waals surface area (Å²) in [5.74, 6) is 0.915. The Balaban J connectivity index is 1.35. The number of hydrogen-bond donors (Lipinski definition) is 2. The van der Waals surface area contributed by atoms with E-state index in [4.69, 9.17) is 4.74 Å². The molecule has 1 fully saturated rings. The first kappa shape index (κ1) is 22.2. The molecule has 2 aliphatic rings. The number of benzene rings is 2. The fraction of sp³-hybridized carbons (Fsp3) is 0.423. The summed E-state index contributed by atoms with van der Waals surface area (Å²) < 4.78 is 6.02. The third kappa shape index (κ3) is 4.91. The summed E-state index contributed by atoms with van der Waals surface area (Å²) in [5, 5.41) is 6.34. The lowest BCUT2D eigenvalue weighted by Crippen LogP contribution is -2.46. The van der Waals surface area contributed by atoms with E-state index in [2.05, 4.69) is 58.2 Å². The molecule has 6 nitrogen and oxygen atoms in total. The van der Waals surface area contributed by atoms with Crippen LogP contribution in [0.4, 0.5) is 11.4 Å². The predicted molar refractivity (Wildman–Crippen MR) is 131 cm³/mol. The van der Waals surface area contributed by atoms with Gasteiger partial charge in [0, 0.05) is 55.7 Å². The second-order valence-corrected chi connectivity index (χ2v) is 9.14. The van der Waals surface area contributed by atoms with Crippen molar-refractivity contribution in [1.29, 1.82) is 0 Å². The molecule has 1 atom stereocenters. The molecule has 170 valence electrons. The van der Waals surface area contributed by atoms with Crippen molar-refractivity contribution in [1.82, 2.24) is 10.2 Å². The van der Waals surface area contributed by atoms with Gasteiger partial charge in [0.25, 0.3) is 5.91 Å². The number of ether oxygens (including phenoxy) is 1. The minimum absolute atomic E-state index is 0.0150. The lowest BCUT2D eigenvalue weighted by Gasteiger charge is -2.36. The summed E-state index contributed by atoms with van der Waals surface area (Å²) in [6, 6.07) is 12.5. The van der Waals surface area contributed by atoms with Gasteiger partial charge in [-0.2, -0.15) is 0 Å². The highest BCUT2D eigenvalue weighted by atomic mass is 16.5. The summed E-state index contributed by atoms with van der Waals surface area (Å²) in [5.41, 5.74) is 6.24. The quantitative estimate of drug-likeness (QED) is 0.740. The standard InChI is InChI=1S/C26H34N4O2/c1-17(2)27-26(31)22-6-8-23(9-7-22)30-12-10-29(11-13-30)16-21-14-18(3)25-24(15-21)28-19(4)20(5)32-25/h6-9,14-15,17,20,28H,4,10-13,16H2,1-3,5H3,(H,27,31). The minimum atomic E-state index is -0.0189. The number of nitrogens with zero attached hydrogens (tertiary/aromatic N) is 2. The van der Waals surface area contributed by atoms with Crippen LogP contribution in [-0.2, 0) is 6.54 Å². The van der Waals surface area contributed by atoms with E-state index in [-0.39, 0.29) is 18.1 Å². The molecule has 0 saturated carbocycles. The van der Waals surface area contributed by atoms with Gasteiger partial charge >= 0.3 is 0 Å². The molecular formula is C26H34N4O2. The van der Waals surface area contributed by atoms with Crippen LogP contribution in [0.1, 0.15) is 42.3 Å². The zero-order chi connectivity index (χ0) is 22.8. The Morgan fingerprint density at radius 2 is 1.88 bits per heavy atom. The van der Waals surface area contributed by atoms with Crippen molar-refractivity contribution in [3.63, 3.8) is 0 Å². The maximum Gasteiger partial charge on any atom is 0.251 e. The van der Waals surface area contributed by atoms with E-state index in [0.29, 0.717) is 5.56 Å². The summed E-state index contributed by atoms with van der Waals surface area (Å²) in [6.07, 6.45) is -0.0150. The summed E-state index contributed by atoms with van der Waals surface area (Å²) in [7, 11) is 0. The summed E-state index contributed by atoms with van der Waals surface area (Å²) >= 11 is 0. The Hall–Kier alpha value is -2.99. The fourth-order valence-corrected chi connectivity index (χ4v) is 4.30. The maximum atomic E-state index is 12.2. The highest BCUT2D eigenvalue weighted by molar-refractivity contribution is 5.94. The molecule has 0 spiro atoms. The number of carbonyl (C=O) groups is 1. The summed E-state index contributed by atoms with van der Waals surface area (Å²) in [4.78, 5) is 17.0. The van der Waals surface area contributed by atoms with E-state index >= 15 is 0 Å². The van der Waals surface area contributed by atoms with E-state index in [0.717, 1.165) is 55.4 Å². The molecule has 1 amide bonds. The zero-order valence-corrected chi connectivity index (χ0v) is 19.6. The lowest BCUT2D eigenvalue weighted by molar-refractivity contribution is 0.0943. The van der Waals surface area contributed by atoms with E-state index < -0.39 is 0 Å². The second kappa shape index (κ2) is 9.25. The maximum absolute atomic E-state index is 12.2. The smallest absolute Gasteiger partial charge is 0.251 e. The van der Waals surface area contributed by atoms with Crippen LogP contribution in [0.3, 0.4) is 0 Å². The van der Waals surface area contributed by atoms with E-state index in [1.54, 1.807) is 0 Å². The van der Waals surface area contributed by atoms with Crippen LogP contribution in [0.5, 0.6) is 5.75 Å². The van der Waals surface area contributed by atoms with Crippen molar-refractivity contribution in [2.45, 2.75) is 46.4 Å². The lowest BCUT2D eigenvalue weighted by atomic mass is 10.1. The Kier molecular flexibility index (Phi) is 6.42. The first-order valence-corrected chi connectivity index (χ1v) is 11.4. The average Bonchev–Trinajstić information content (AvgIpc) is 2.75. The zero-order valence-electron chi connectivity index (χ0n) is 19.6. The molecule has 2 N–H and O–H groups in total. The van der Waals surface area contributed by atoms with Crippen LogP contribution < -0.4 is 20.3 Å². The molecular weight excluding hydrogens is 400 g/mol. The first-order chi connectivity index (χ1) is 15.3. The Morgan fingerprint density at radius 1 is 1.19 bits per heavy atom. The number of anilines is 2. The van der Waals surface area contributed by atoms with Crippen molar-refractivity contribution < 1.29 is 9.53 Å². The normalized spacial score (nSPS) is 18.7. The van der Waals surface area contributed by atoms with Gasteiger partial charge < -0.3 is 20.3 Å². The number of fused-ring (bicyclic) bond motifs is 1. The highest BCUT2D eigenvalue weighted by Crippen LogP contribution is 2.36. The summed E-state index contributed by atoms with van der Waals surface area (Å²) in [6.45, 7) is 17.0. The van der Waals surface area contributed by atoms with Gasteiger partial charge in [-0.1, -0.05) is 12.6 Å². The van der Waals surface area contributed by atoms with Crippen molar-refractivity contribution in [2.24, 2.45) is 0 Å². The van der Waals surface area contributed by atoms with Crippen LogP contribution in [0.15, 0.2) is 48.7 Å².